The smallest absolute Gasteiger partial charge is 0.341 e. The monoisotopic (exact) mass is 507 g/mol. The summed E-state index contributed by atoms with van der Waals surface area (Å²) in [6.07, 6.45) is 4.04. The van der Waals surface area contributed by atoms with E-state index in [-0.39, 0.29) is 5.97 Å². The molecule has 0 atom stereocenters. The lowest BCUT2D eigenvalue weighted by atomic mass is 9.95. The number of thiophene rings is 1. The van der Waals surface area contributed by atoms with Gasteiger partial charge in [-0.2, -0.15) is 4.31 Å². The summed E-state index contributed by atoms with van der Waals surface area (Å²) in [6, 6.07) is 6.92. The maximum Gasteiger partial charge on any atom is 0.341 e. The molecule has 0 radical (unpaired) electrons. The highest BCUT2D eigenvalue weighted by Gasteiger charge is 2.31. The van der Waals surface area contributed by atoms with Crippen LogP contribution in [0, 0.1) is 6.92 Å². The number of rotatable bonds is 5. The van der Waals surface area contributed by atoms with Gasteiger partial charge in [0, 0.05) is 31.1 Å². The van der Waals surface area contributed by atoms with Crippen LogP contribution in [0.4, 0.5) is 5.00 Å². The maximum absolute atomic E-state index is 13.0. The number of nitrogens with one attached hydrogen (secondary N) is 1. The van der Waals surface area contributed by atoms with Gasteiger partial charge in [0.25, 0.3) is 0 Å². The van der Waals surface area contributed by atoms with Gasteiger partial charge in [0.05, 0.1) is 17.1 Å². The van der Waals surface area contributed by atoms with Gasteiger partial charge in [0.1, 0.15) is 5.00 Å². The quantitative estimate of drug-likeness (QED) is 0.487. The number of anilines is 1. The van der Waals surface area contributed by atoms with Crippen LogP contribution in [0.3, 0.4) is 0 Å². The Labute approximate surface area is 204 Å². The fourth-order valence-electron chi connectivity index (χ4n) is 4.24. The highest BCUT2D eigenvalue weighted by atomic mass is 32.2. The molecule has 178 valence electrons. The van der Waals surface area contributed by atoms with E-state index in [0.717, 1.165) is 41.8 Å². The Balaban J connectivity index is 1.44. The molecule has 1 aromatic heterocycles. The van der Waals surface area contributed by atoms with E-state index in [1.165, 1.54) is 9.18 Å². The van der Waals surface area contributed by atoms with E-state index in [4.69, 9.17) is 17.0 Å². The summed E-state index contributed by atoms with van der Waals surface area (Å²) in [5.41, 5.74) is 2.72. The SMILES string of the molecule is CCOC(=O)c1c(NC(=S)N2CCN(S(=O)(=O)c3ccc(C)cc3)CC2)sc2c1CCCC2. The first kappa shape index (κ1) is 24.1. The number of hydrogen-bond acceptors (Lipinski definition) is 6. The van der Waals surface area contributed by atoms with E-state index >= 15 is 0 Å². The molecule has 2 aromatic rings. The summed E-state index contributed by atoms with van der Waals surface area (Å²) in [4.78, 5) is 16.2. The molecule has 0 amide bonds. The zero-order valence-corrected chi connectivity index (χ0v) is 21.4. The number of sulfonamides is 1. The normalized spacial score (nSPS) is 16.8. The number of fused-ring (bicyclic) bond motifs is 1. The lowest BCUT2D eigenvalue weighted by molar-refractivity contribution is 0.0526. The number of benzene rings is 1. The molecule has 2 heterocycles. The lowest BCUT2D eigenvalue weighted by Gasteiger charge is -2.35. The molecule has 10 heteroatoms. The van der Waals surface area contributed by atoms with Gasteiger partial charge >= 0.3 is 5.97 Å². The Bertz CT molecular complexity index is 1130. The Hall–Kier alpha value is -2.01. The van der Waals surface area contributed by atoms with Crippen LogP contribution < -0.4 is 5.32 Å². The minimum absolute atomic E-state index is 0.309. The molecular weight excluding hydrogens is 478 g/mol. The fraction of sp³-hybridized carbons (Fsp3) is 0.478. The lowest BCUT2D eigenvalue weighted by Crippen LogP contribution is -2.51. The summed E-state index contributed by atoms with van der Waals surface area (Å²) >= 11 is 7.23. The molecule has 1 N–H and O–H groups in total. The zero-order valence-electron chi connectivity index (χ0n) is 18.9. The molecule has 0 unspecified atom stereocenters. The van der Waals surface area contributed by atoms with Gasteiger partial charge in [0.15, 0.2) is 5.11 Å². The first-order valence-electron chi connectivity index (χ1n) is 11.3. The summed E-state index contributed by atoms with van der Waals surface area (Å²) in [5.74, 6) is -0.309. The van der Waals surface area contributed by atoms with Crippen molar-refractivity contribution in [1.82, 2.24) is 9.21 Å². The second kappa shape index (κ2) is 10.1. The van der Waals surface area contributed by atoms with Crippen LogP contribution in [-0.2, 0) is 27.6 Å². The van der Waals surface area contributed by atoms with Crippen molar-refractivity contribution in [1.29, 1.82) is 0 Å². The van der Waals surface area contributed by atoms with E-state index in [9.17, 15) is 13.2 Å². The first-order valence-corrected chi connectivity index (χ1v) is 13.9. The van der Waals surface area contributed by atoms with Crippen LogP contribution in [0.2, 0.25) is 0 Å². The molecule has 0 bridgehead atoms. The second-order valence-corrected chi connectivity index (χ2v) is 11.7. The molecule has 33 heavy (non-hydrogen) atoms. The molecule has 0 saturated carbocycles. The number of carbonyl (C=O) groups is 1. The molecule has 1 aliphatic carbocycles. The van der Waals surface area contributed by atoms with Gasteiger partial charge in [-0.25, -0.2) is 13.2 Å². The minimum atomic E-state index is -3.53. The van der Waals surface area contributed by atoms with Crippen molar-refractivity contribution in [3.8, 4) is 0 Å². The third-order valence-corrected chi connectivity index (χ3v) is 9.54. The molecule has 0 spiro atoms. The van der Waals surface area contributed by atoms with E-state index in [1.807, 2.05) is 24.0 Å². The van der Waals surface area contributed by atoms with Crippen molar-refractivity contribution in [2.45, 2.75) is 44.4 Å². The van der Waals surface area contributed by atoms with Gasteiger partial charge in [-0.3, -0.25) is 0 Å². The van der Waals surface area contributed by atoms with Crippen molar-refractivity contribution in [2.24, 2.45) is 0 Å². The van der Waals surface area contributed by atoms with Crippen LogP contribution in [-0.4, -0.2) is 61.5 Å². The van der Waals surface area contributed by atoms with Crippen LogP contribution in [0.15, 0.2) is 29.2 Å². The number of esters is 1. The van der Waals surface area contributed by atoms with Gasteiger partial charge < -0.3 is 15.0 Å². The van der Waals surface area contributed by atoms with Crippen LogP contribution in [0.1, 0.15) is 46.1 Å². The van der Waals surface area contributed by atoms with Crippen molar-refractivity contribution in [3.63, 3.8) is 0 Å². The average molecular weight is 508 g/mol. The average Bonchev–Trinajstić information content (AvgIpc) is 3.17. The molecule has 1 aliphatic heterocycles. The number of carbonyl (C=O) groups excluding carboxylic acids is 1. The fourth-order valence-corrected chi connectivity index (χ4v) is 7.29. The number of aryl methyl sites for hydroxylation is 2. The number of hydrogen-bond donors (Lipinski definition) is 1. The molecule has 2 aliphatic rings. The largest absolute Gasteiger partial charge is 0.462 e. The van der Waals surface area contributed by atoms with Crippen molar-refractivity contribution < 1.29 is 17.9 Å². The van der Waals surface area contributed by atoms with Crippen LogP contribution >= 0.6 is 23.6 Å². The van der Waals surface area contributed by atoms with Gasteiger partial charge in [-0.1, -0.05) is 17.7 Å². The van der Waals surface area contributed by atoms with Crippen LogP contribution in [0.5, 0.6) is 0 Å². The number of piperazine rings is 1. The van der Waals surface area contributed by atoms with E-state index in [1.54, 1.807) is 30.4 Å². The third kappa shape index (κ3) is 5.08. The summed E-state index contributed by atoms with van der Waals surface area (Å²) in [7, 11) is -3.53. The minimum Gasteiger partial charge on any atom is -0.462 e. The number of thiocarbonyl (C=S) groups is 1. The molecule has 1 aromatic carbocycles. The Morgan fingerprint density at radius 1 is 1.12 bits per heavy atom. The zero-order chi connectivity index (χ0) is 23.6. The second-order valence-electron chi connectivity index (χ2n) is 8.27. The van der Waals surface area contributed by atoms with Crippen molar-refractivity contribution in [3.05, 3.63) is 45.8 Å². The summed E-state index contributed by atoms with van der Waals surface area (Å²) < 4.78 is 32.8. The molecule has 1 saturated heterocycles. The number of nitrogens with zero attached hydrogens (tertiary/aromatic N) is 2. The van der Waals surface area contributed by atoms with Crippen LogP contribution in [0.25, 0.3) is 0 Å². The first-order chi connectivity index (χ1) is 15.8. The standard InChI is InChI=1S/C23H29N3O4S3/c1-3-30-22(27)20-18-6-4-5-7-19(18)32-21(20)24-23(31)25-12-14-26(15-13-25)33(28,29)17-10-8-16(2)9-11-17/h8-11H,3-7,12-15H2,1-2H3,(H,24,31). The van der Waals surface area contributed by atoms with Crippen molar-refractivity contribution >= 4 is 49.7 Å². The summed E-state index contributed by atoms with van der Waals surface area (Å²) in [5, 5.41) is 4.52. The highest BCUT2D eigenvalue weighted by molar-refractivity contribution is 7.89. The maximum atomic E-state index is 13.0. The predicted molar refractivity (Wildman–Crippen MR) is 135 cm³/mol. The van der Waals surface area contributed by atoms with Gasteiger partial charge in [-0.05, 0) is 69.4 Å². The van der Waals surface area contributed by atoms with Gasteiger partial charge in [0.2, 0.25) is 10.0 Å². The predicted octanol–water partition coefficient (Wildman–Crippen LogP) is 3.82. The van der Waals surface area contributed by atoms with E-state index in [2.05, 4.69) is 5.32 Å². The topological polar surface area (TPSA) is 79.0 Å². The Morgan fingerprint density at radius 3 is 2.45 bits per heavy atom. The Kier molecular flexibility index (Phi) is 7.37. The summed E-state index contributed by atoms with van der Waals surface area (Å²) in [6.45, 7) is 5.73. The highest BCUT2D eigenvalue weighted by Crippen LogP contribution is 2.38. The molecule has 4 rings (SSSR count). The van der Waals surface area contributed by atoms with Crippen molar-refractivity contribution in [2.75, 3.05) is 38.1 Å². The van der Waals surface area contributed by atoms with E-state index in [0.29, 0.717) is 48.4 Å². The molecule has 7 nitrogen and oxygen atoms in total. The molecular formula is C23H29N3O4S3. The Morgan fingerprint density at radius 2 is 1.79 bits per heavy atom. The number of ether oxygens (including phenoxy) is 1. The third-order valence-electron chi connectivity index (χ3n) is 6.06. The van der Waals surface area contributed by atoms with Gasteiger partial charge in [-0.15, -0.1) is 11.3 Å². The van der Waals surface area contributed by atoms with E-state index < -0.39 is 10.0 Å². The molecule has 1 fully saturated rings.